The summed E-state index contributed by atoms with van der Waals surface area (Å²) in [5, 5.41) is 30.0. The van der Waals surface area contributed by atoms with Gasteiger partial charge in [0.1, 0.15) is 5.75 Å². The minimum Gasteiger partial charge on any atom is -0.508 e. The summed E-state index contributed by atoms with van der Waals surface area (Å²) in [4.78, 5) is 10.7. The SMILES string of the molecule is NS(=O)(=O)c1ccc2c(c1)C1C=CCC1C(c1cc([N+](=O)[O-])ccc1O)N2. The van der Waals surface area contributed by atoms with Crippen molar-refractivity contribution in [2.75, 3.05) is 5.32 Å². The summed E-state index contributed by atoms with van der Waals surface area (Å²) in [7, 11) is -3.82. The van der Waals surface area contributed by atoms with E-state index in [1.54, 1.807) is 12.1 Å². The van der Waals surface area contributed by atoms with Gasteiger partial charge in [-0.15, -0.1) is 0 Å². The number of anilines is 1. The molecule has 1 heterocycles. The molecular weight excluding hydrogens is 370 g/mol. The van der Waals surface area contributed by atoms with Crippen LogP contribution in [0.3, 0.4) is 0 Å². The van der Waals surface area contributed by atoms with Crippen LogP contribution in [0.5, 0.6) is 5.75 Å². The molecular formula is C18H17N3O5S. The molecule has 0 amide bonds. The first-order chi connectivity index (χ1) is 12.8. The molecule has 0 fully saturated rings. The van der Waals surface area contributed by atoms with Gasteiger partial charge in [0.05, 0.1) is 15.9 Å². The fourth-order valence-electron chi connectivity index (χ4n) is 3.96. The lowest BCUT2D eigenvalue weighted by Gasteiger charge is -2.37. The van der Waals surface area contributed by atoms with Crippen molar-refractivity contribution in [3.05, 3.63) is 69.8 Å². The monoisotopic (exact) mass is 387 g/mol. The number of allylic oxidation sites excluding steroid dienone is 2. The number of nitro groups is 1. The van der Waals surface area contributed by atoms with Crippen molar-refractivity contribution in [1.29, 1.82) is 0 Å². The first kappa shape index (κ1) is 17.5. The van der Waals surface area contributed by atoms with E-state index in [0.29, 0.717) is 17.7 Å². The average Bonchev–Trinajstić information content (AvgIpc) is 3.10. The first-order valence-electron chi connectivity index (χ1n) is 8.33. The second-order valence-corrected chi connectivity index (χ2v) is 8.33. The fraction of sp³-hybridized carbons (Fsp3) is 0.222. The van der Waals surface area contributed by atoms with Gasteiger partial charge in [0.15, 0.2) is 0 Å². The molecule has 1 aliphatic carbocycles. The van der Waals surface area contributed by atoms with Crippen LogP contribution in [0.4, 0.5) is 11.4 Å². The highest BCUT2D eigenvalue weighted by Gasteiger charge is 2.39. The summed E-state index contributed by atoms with van der Waals surface area (Å²) in [6.45, 7) is 0. The summed E-state index contributed by atoms with van der Waals surface area (Å²) < 4.78 is 23.4. The van der Waals surface area contributed by atoms with Gasteiger partial charge in [-0.05, 0) is 42.2 Å². The highest BCUT2D eigenvalue weighted by atomic mass is 32.2. The number of rotatable bonds is 3. The van der Waals surface area contributed by atoms with Crippen LogP contribution >= 0.6 is 0 Å². The topological polar surface area (TPSA) is 136 Å². The van der Waals surface area contributed by atoms with Gasteiger partial charge in [-0.3, -0.25) is 10.1 Å². The van der Waals surface area contributed by atoms with Gasteiger partial charge in [-0.1, -0.05) is 12.2 Å². The molecule has 2 aromatic rings. The van der Waals surface area contributed by atoms with Crippen LogP contribution in [0.2, 0.25) is 0 Å². The Kier molecular flexibility index (Phi) is 3.93. The van der Waals surface area contributed by atoms with Crippen molar-refractivity contribution in [2.24, 2.45) is 11.1 Å². The number of hydrogen-bond donors (Lipinski definition) is 3. The third kappa shape index (κ3) is 2.94. The molecule has 8 nitrogen and oxygen atoms in total. The van der Waals surface area contributed by atoms with Crippen molar-refractivity contribution in [3.8, 4) is 5.75 Å². The number of phenolic OH excluding ortho intramolecular Hbond substituents is 1. The van der Waals surface area contributed by atoms with E-state index < -0.39 is 14.9 Å². The van der Waals surface area contributed by atoms with Crippen molar-refractivity contribution in [3.63, 3.8) is 0 Å². The maximum atomic E-state index is 11.7. The summed E-state index contributed by atoms with van der Waals surface area (Å²) in [5.74, 6) is -0.110. The molecule has 9 heteroatoms. The number of benzene rings is 2. The van der Waals surface area contributed by atoms with Gasteiger partial charge in [-0.25, -0.2) is 13.6 Å². The zero-order valence-electron chi connectivity index (χ0n) is 14.1. The lowest BCUT2D eigenvalue weighted by Crippen LogP contribution is -2.29. The van der Waals surface area contributed by atoms with E-state index >= 15 is 0 Å². The molecule has 4 rings (SSSR count). The Labute approximate surface area is 155 Å². The minimum absolute atomic E-state index is 0.0128. The molecule has 0 bridgehead atoms. The van der Waals surface area contributed by atoms with Crippen LogP contribution in [0.1, 0.15) is 29.5 Å². The lowest BCUT2D eigenvalue weighted by atomic mass is 9.77. The van der Waals surface area contributed by atoms with Crippen LogP contribution in [-0.4, -0.2) is 18.4 Å². The van der Waals surface area contributed by atoms with Gasteiger partial charge in [0.25, 0.3) is 5.69 Å². The summed E-state index contributed by atoms with van der Waals surface area (Å²) in [6, 6.07) is 8.24. The number of non-ortho nitro benzene ring substituents is 1. The Morgan fingerprint density at radius 1 is 1.19 bits per heavy atom. The molecule has 2 aromatic carbocycles. The van der Waals surface area contributed by atoms with E-state index in [4.69, 9.17) is 5.14 Å². The predicted octanol–water partition coefficient (Wildman–Crippen LogP) is 2.77. The number of nitro benzene ring substituents is 1. The Hall–Kier alpha value is -2.91. The second-order valence-electron chi connectivity index (χ2n) is 6.77. The Morgan fingerprint density at radius 2 is 1.96 bits per heavy atom. The van der Waals surface area contributed by atoms with Gasteiger partial charge < -0.3 is 10.4 Å². The molecule has 27 heavy (non-hydrogen) atoms. The van der Waals surface area contributed by atoms with Gasteiger partial charge in [-0.2, -0.15) is 0 Å². The molecule has 1 aliphatic heterocycles. The van der Waals surface area contributed by atoms with Gasteiger partial charge in [0, 0.05) is 29.3 Å². The molecule has 0 aromatic heterocycles. The summed E-state index contributed by atoms with van der Waals surface area (Å²) in [5.41, 5.74) is 1.87. The maximum absolute atomic E-state index is 11.7. The smallest absolute Gasteiger partial charge is 0.270 e. The third-order valence-corrected chi connectivity index (χ3v) is 6.13. The fourth-order valence-corrected chi connectivity index (χ4v) is 4.51. The number of nitrogens with two attached hydrogens (primary N) is 1. The van der Waals surface area contributed by atoms with Crippen molar-refractivity contribution < 1.29 is 18.4 Å². The minimum atomic E-state index is -3.82. The van der Waals surface area contributed by atoms with Crippen LogP contribution in [0, 0.1) is 16.0 Å². The molecule has 4 N–H and O–H groups in total. The molecule has 3 atom stereocenters. The molecule has 3 unspecified atom stereocenters. The number of aromatic hydroxyl groups is 1. The molecule has 0 saturated carbocycles. The Bertz CT molecular complexity index is 1080. The van der Waals surface area contributed by atoms with Crippen molar-refractivity contribution in [2.45, 2.75) is 23.3 Å². The number of hydrogen-bond acceptors (Lipinski definition) is 6. The van der Waals surface area contributed by atoms with Crippen LogP contribution in [-0.2, 0) is 10.0 Å². The largest absolute Gasteiger partial charge is 0.508 e. The van der Waals surface area contributed by atoms with Crippen molar-refractivity contribution >= 4 is 21.4 Å². The Balaban J connectivity index is 1.82. The standard InChI is InChI=1S/C18H17N3O5S/c19-27(25,26)11-5-6-16-14(9-11)12-2-1-3-13(12)18(20-16)15-8-10(21(23)24)4-7-17(15)22/h1-2,4-9,12-13,18,20,22H,3H2,(H2,19,25,26). The van der Waals surface area contributed by atoms with E-state index in [0.717, 1.165) is 5.56 Å². The number of sulfonamides is 1. The van der Waals surface area contributed by atoms with Crippen molar-refractivity contribution in [1.82, 2.24) is 0 Å². The maximum Gasteiger partial charge on any atom is 0.270 e. The van der Waals surface area contributed by atoms with E-state index in [9.17, 15) is 23.6 Å². The molecule has 2 aliphatic rings. The number of phenols is 1. The van der Waals surface area contributed by atoms with E-state index in [1.807, 2.05) is 12.2 Å². The highest BCUT2D eigenvalue weighted by Crippen LogP contribution is 2.51. The quantitative estimate of drug-likeness (QED) is 0.421. The summed E-state index contributed by atoms with van der Waals surface area (Å²) >= 11 is 0. The van der Waals surface area contributed by atoms with E-state index in [2.05, 4.69) is 5.32 Å². The predicted molar refractivity (Wildman–Crippen MR) is 98.9 cm³/mol. The molecule has 0 saturated heterocycles. The zero-order valence-corrected chi connectivity index (χ0v) is 14.9. The number of fused-ring (bicyclic) bond motifs is 3. The van der Waals surface area contributed by atoms with Crippen LogP contribution in [0.15, 0.2) is 53.4 Å². The lowest BCUT2D eigenvalue weighted by molar-refractivity contribution is -0.385. The Morgan fingerprint density at radius 3 is 2.67 bits per heavy atom. The normalized spacial score (nSPS) is 23.4. The number of nitrogens with zero attached hydrogens (tertiary/aromatic N) is 1. The average molecular weight is 387 g/mol. The zero-order chi connectivity index (χ0) is 19.3. The highest BCUT2D eigenvalue weighted by molar-refractivity contribution is 7.89. The third-order valence-electron chi connectivity index (χ3n) is 5.22. The van der Waals surface area contributed by atoms with Gasteiger partial charge >= 0.3 is 0 Å². The van der Waals surface area contributed by atoms with E-state index in [1.165, 1.54) is 24.3 Å². The van der Waals surface area contributed by atoms with Crippen LogP contribution < -0.4 is 10.5 Å². The van der Waals surface area contributed by atoms with Gasteiger partial charge in [0.2, 0.25) is 10.0 Å². The molecule has 0 radical (unpaired) electrons. The van der Waals surface area contributed by atoms with Crippen LogP contribution in [0.25, 0.3) is 0 Å². The molecule has 0 spiro atoms. The number of primary sulfonamides is 1. The van der Waals surface area contributed by atoms with E-state index in [-0.39, 0.29) is 34.2 Å². The molecule has 140 valence electrons. The second kappa shape index (κ2) is 6.07. The summed E-state index contributed by atoms with van der Waals surface area (Å²) in [6.07, 6.45) is 4.69. The number of nitrogens with one attached hydrogen (secondary N) is 1. The first-order valence-corrected chi connectivity index (χ1v) is 9.87.